The molecule has 0 bridgehead atoms. The van der Waals surface area contributed by atoms with Gasteiger partial charge in [0.15, 0.2) is 0 Å². The number of hydrogen-bond acceptors (Lipinski definition) is 3. The molecule has 1 aromatic heterocycles. The average molecular weight is 380 g/mol. The molecule has 0 spiro atoms. The van der Waals surface area contributed by atoms with E-state index in [0.717, 1.165) is 67.6 Å². The van der Waals surface area contributed by atoms with Crippen LogP contribution in [0.4, 0.5) is 5.69 Å². The number of carbonyl (C=O) groups is 2. The molecular formula is C22H28N4O2. The van der Waals surface area contributed by atoms with E-state index in [0.29, 0.717) is 6.54 Å². The molecule has 28 heavy (non-hydrogen) atoms. The van der Waals surface area contributed by atoms with Crippen molar-refractivity contribution in [3.8, 4) is 0 Å². The molecule has 2 aromatic rings. The van der Waals surface area contributed by atoms with Crippen molar-refractivity contribution >= 4 is 17.5 Å². The van der Waals surface area contributed by atoms with Gasteiger partial charge in [-0.25, -0.2) is 0 Å². The number of aryl methyl sites for hydroxylation is 1. The molecule has 2 amide bonds. The largest absolute Gasteiger partial charge is 0.338 e. The Kier molecular flexibility index (Phi) is 5.46. The lowest BCUT2D eigenvalue weighted by Gasteiger charge is -2.33. The van der Waals surface area contributed by atoms with Crippen molar-refractivity contribution in [2.24, 2.45) is 5.92 Å². The number of benzene rings is 1. The average Bonchev–Trinajstić information content (AvgIpc) is 3.39. The van der Waals surface area contributed by atoms with E-state index in [9.17, 15) is 9.59 Å². The minimum atomic E-state index is 0.0736. The second-order valence-electron chi connectivity index (χ2n) is 8.13. The Balaban J connectivity index is 1.46. The zero-order valence-corrected chi connectivity index (χ0v) is 16.4. The predicted octanol–water partition coefficient (Wildman–Crippen LogP) is 3.87. The maximum atomic E-state index is 12.9. The van der Waals surface area contributed by atoms with E-state index in [4.69, 9.17) is 0 Å². The molecule has 6 nitrogen and oxygen atoms in total. The summed E-state index contributed by atoms with van der Waals surface area (Å²) in [6.45, 7) is 3.40. The van der Waals surface area contributed by atoms with Crippen LogP contribution in [0.5, 0.6) is 0 Å². The Bertz CT molecular complexity index is 854. The van der Waals surface area contributed by atoms with Gasteiger partial charge in [0.2, 0.25) is 5.91 Å². The standard InChI is InChI=1S/C22H28N4O2/c1-15-6-4-9-17(12-15)22(28)26-11-5-10-18(14-26)20-19(13-23-25-20)24-21(27)16-7-2-3-8-16/h4,6,9,12-13,16,18H,2-3,5,7-8,10-11,14H2,1H3,(H,23,25)(H,24,27). The maximum Gasteiger partial charge on any atom is 0.253 e. The lowest BCUT2D eigenvalue weighted by molar-refractivity contribution is -0.119. The molecule has 1 atom stereocenters. The fraction of sp³-hybridized carbons (Fsp3) is 0.500. The minimum Gasteiger partial charge on any atom is -0.338 e. The fourth-order valence-corrected chi connectivity index (χ4v) is 4.49. The molecule has 2 heterocycles. The highest BCUT2D eigenvalue weighted by atomic mass is 16.2. The number of aromatic amines is 1. The number of aromatic nitrogens is 2. The molecular weight excluding hydrogens is 352 g/mol. The molecule has 4 rings (SSSR count). The zero-order chi connectivity index (χ0) is 19.5. The third-order valence-corrected chi connectivity index (χ3v) is 6.03. The fourth-order valence-electron chi connectivity index (χ4n) is 4.49. The summed E-state index contributed by atoms with van der Waals surface area (Å²) in [6, 6.07) is 7.74. The van der Waals surface area contributed by atoms with Gasteiger partial charge in [0.1, 0.15) is 0 Å². The summed E-state index contributed by atoms with van der Waals surface area (Å²) >= 11 is 0. The van der Waals surface area contributed by atoms with Crippen LogP contribution >= 0.6 is 0 Å². The van der Waals surface area contributed by atoms with Crippen molar-refractivity contribution in [2.75, 3.05) is 18.4 Å². The predicted molar refractivity (Wildman–Crippen MR) is 108 cm³/mol. The highest BCUT2D eigenvalue weighted by molar-refractivity contribution is 5.95. The van der Waals surface area contributed by atoms with Gasteiger partial charge >= 0.3 is 0 Å². The smallest absolute Gasteiger partial charge is 0.253 e. The minimum absolute atomic E-state index is 0.0736. The van der Waals surface area contributed by atoms with Crippen molar-refractivity contribution in [1.82, 2.24) is 15.1 Å². The number of carbonyl (C=O) groups excluding carboxylic acids is 2. The summed E-state index contributed by atoms with van der Waals surface area (Å²) in [5.74, 6) is 0.450. The van der Waals surface area contributed by atoms with Crippen molar-refractivity contribution in [1.29, 1.82) is 0 Å². The van der Waals surface area contributed by atoms with Crippen molar-refractivity contribution < 1.29 is 9.59 Å². The molecule has 1 saturated heterocycles. The van der Waals surface area contributed by atoms with Crippen LogP contribution in [0.3, 0.4) is 0 Å². The van der Waals surface area contributed by atoms with Crippen LogP contribution in [-0.2, 0) is 4.79 Å². The molecule has 0 radical (unpaired) electrons. The number of piperidine rings is 1. The van der Waals surface area contributed by atoms with Crippen molar-refractivity contribution in [3.05, 3.63) is 47.3 Å². The first-order chi connectivity index (χ1) is 13.6. The van der Waals surface area contributed by atoms with E-state index in [-0.39, 0.29) is 23.7 Å². The van der Waals surface area contributed by atoms with Crippen LogP contribution in [0.15, 0.2) is 30.5 Å². The number of nitrogens with one attached hydrogen (secondary N) is 2. The topological polar surface area (TPSA) is 78.1 Å². The second-order valence-corrected chi connectivity index (χ2v) is 8.13. The molecule has 1 unspecified atom stereocenters. The number of hydrogen-bond donors (Lipinski definition) is 2. The first-order valence-corrected chi connectivity index (χ1v) is 10.3. The second kappa shape index (κ2) is 8.17. The summed E-state index contributed by atoms with van der Waals surface area (Å²) in [6.07, 6.45) is 7.83. The maximum absolute atomic E-state index is 12.9. The summed E-state index contributed by atoms with van der Waals surface area (Å²) < 4.78 is 0. The summed E-state index contributed by atoms with van der Waals surface area (Å²) in [7, 11) is 0. The molecule has 6 heteroatoms. The zero-order valence-electron chi connectivity index (χ0n) is 16.4. The molecule has 1 aliphatic carbocycles. The van der Waals surface area contributed by atoms with Gasteiger partial charge in [-0.05, 0) is 44.7 Å². The number of anilines is 1. The lowest BCUT2D eigenvalue weighted by atomic mass is 9.93. The van der Waals surface area contributed by atoms with Crippen LogP contribution < -0.4 is 5.32 Å². The normalized spacial score (nSPS) is 20.3. The number of rotatable bonds is 4. The quantitative estimate of drug-likeness (QED) is 0.845. The van der Waals surface area contributed by atoms with Gasteiger partial charge < -0.3 is 10.2 Å². The Labute approximate surface area is 165 Å². The van der Waals surface area contributed by atoms with E-state index in [1.807, 2.05) is 36.1 Å². The third kappa shape index (κ3) is 3.96. The van der Waals surface area contributed by atoms with Gasteiger partial charge in [-0.2, -0.15) is 5.10 Å². The number of nitrogens with zero attached hydrogens (tertiary/aromatic N) is 2. The van der Waals surface area contributed by atoms with Gasteiger partial charge in [-0.15, -0.1) is 0 Å². The van der Waals surface area contributed by atoms with Crippen molar-refractivity contribution in [2.45, 2.75) is 51.4 Å². The van der Waals surface area contributed by atoms with E-state index in [2.05, 4.69) is 15.5 Å². The Hall–Kier alpha value is -2.63. The van der Waals surface area contributed by atoms with Crippen LogP contribution in [-0.4, -0.2) is 40.0 Å². The summed E-state index contributed by atoms with van der Waals surface area (Å²) in [4.78, 5) is 27.4. The van der Waals surface area contributed by atoms with Crippen LogP contribution in [0.25, 0.3) is 0 Å². The van der Waals surface area contributed by atoms with Crippen molar-refractivity contribution in [3.63, 3.8) is 0 Å². The number of H-pyrrole nitrogens is 1. The molecule has 1 aromatic carbocycles. The van der Waals surface area contributed by atoms with Crippen LogP contribution in [0.2, 0.25) is 0 Å². The Morgan fingerprint density at radius 1 is 1.18 bits per heavy atom. The molecule has 2 fully saturated rings. The Morgan fingerprint density at radius 2 is 2.00 bits per heavy atom. The molecule has 1 saturated carbocycles. The van der Waals surface area contributed by atoms with Gasteiger partial charge in [0.05, 0.1) is 17.6 Å². The van der Waals surface area contributed by atoms with Gasteiger partial charge in [0, 0.05) is 30.5 Å². The molecule has 148 valence electrons. The SMILES string of the molecule is Cc1cccc(C(=O)N2CCCC(c3[nH]ncc3NC(=O)C3CCCC3)C2)c1. The monoisotopic (exact) mass is 380 g/mol. The summed E-state index contributed by atoms with van der Waals surface area (Å²) in [5.41, 5.74) is 3.53. The van der Waals surface area contributed by atoms with E-state index < -0.39 is 0 Å². The molecule has 2 N–H and O–H groups in total. The van der Waals surface area contributed by atoms with E-state index in [1.165, 1.54) is 0 Å². The van der Waals surface area contributed by atoms with Crippen LogP contribution in [0, 0.1) is 12.8 Å². The van der Waals surface area contributed by atoms with Gasteiger partial charge in [-0.1, -0.05) is 30.5 Å². The van der Waals surface area contributed by atoms with E-state index in [1.54, 1.807) is 6.20 Å². The highest BCUT2D eigenvalue weighted by Crippen LogP contribution is 2.32. The van der Waals surface area contributed by atoms with Gasteiger partial charge in [0.25, 0.3) is 5.91 Å². The number of amides is 2. The van der Waals surface area contributed by atoms with Crippen LogP contribution in [0.1, 0.15) is 66.1 Å². The lowest BCUT2D eigenvalue weighted by Crippen LogP contribution is -2.39. The third-order valence-electron chi connectivity index (χ3n) is 6.03. The molecule has 2 aliphatic rings. The number of likely N-dealkylation sites (tertiary alicyclic amines) is 1. The first-order valence-electron chi connectivity index (χ1n) is 10.3. The summed E-state index contributed by atoms with van der Waals surface area (Å²) in [5, 5.41) is 10.3. The highest BCUT2D eigenvalue weighted by Gasteiger charge is 2.29. The first kappa shape index (κ1) is 18.7. The molecule has 1 aliphatic heterocycles. The Morgan fingerprint density at radius 3 is 2.79 bits per heavy atom. The van der Waals surface area contributed by atoms with Gasteiger partial charge in [-0.3, -0.25) is 14.7 Å². The van der Waals surface area contributed by atoms with E-state index >= 15 is 0 Å².